The van der Waals surface area contributed by atoms with E-state index in [2.05, 4.69) is 77.8 Å². The molecule has 2 heterocycles. The first-order valence-electron chi connectivity index (χ1n) is 12.6. The third-order valence-electron chi connectivity index (χ3n) is 7.85. The van der Waals surface area contributed by atoms with Crippen molar-refractivity contribution in [1.29, 1.82) is 0 Å². The van der Waals surface area contributed by atoms with Gasteiger partial charge in [0, 0.05) is 29.9 Å². The van der Waals surface area contributed by atoms with Gasteiger partial charge >= 0.3 is 6.03 Å². The van der Waals surface area contributed by atoms with E-state index in [0.717, 1.165) is 38.2 Å². The Morgan fingerprint density at radius 3 is 2.44 bits per heavy atom. The highest BCUT2D eigenvalue weighted by molar-refractivity contribution is 6.03. The molecule has 1 fully saturated rings. The van der Waals surface area contributed by atoms with Crippen molar-refractivity contribution in [3.8, 4) is 0 Å². The van der Waals surface area contributed by atoms with E-state index in [0.29, 0.717) is 12.2 Å². The van der Waals surface area contributed by atoms with Gasteiger partial charge < -0.3 is 5.32 Å². The van der Waals surface area contributed by atoms with Crippen molar-refractivity contribution in [2.45, 2.75) is 31.7 Å². The number of aryl methyl sites for hydroxylation is 1. The van der Waals surface area contributed by atoms with Crippen LogP contribution in [0.3, 0.4) is 0 Å². The second-order valence-corrected chi connectivity index (χ2v) is 10.3. The summed E-state index contributed by atoms with van der Waals surface area (Å²) in [6, 6.07) is 27.4. The van der Waals surface area contributed by atoms with Gasteiger partial charge in [-0.15, -0.1) is 0 Å². The van der Waals surface area contributed by atoms with Crippen molar-refractivity contribution in [2.75, 3.05) is 29.9 Å². The minimum Gasteiger partial charge on any atom is -0.308 e. The lowest BCUT2D eigenvalue weighted by Crippen LogP contribution is -2.46. The Labute approximate surface area is 211 Å². The van der Waals surface area contributed by atoms with Gasteiger partial charge in [0.15, 0.2) is 0 Å². The van der Waals surface area contributed by atoms with Gasteiger partial charge in [0.05, 0.1) is 0 Å². The molecular weight excluding hydrogens is 449 g/mol. The molecule has 0 saturated carbocycles. The standard InChI is InChI=1S/C31H30FN3O/c1-22-6-13-29-28(18-22)31(21-35(29)30(36)33-27-11-9-26(32)10-12-27)14-16-34(17-15-31)20-23-7-8-24-4-2-3-5-25(24)19-23/h2-13,18-19H,14-17,20-21H2,1H3,(H,33,36). The second-order valence-electron chi connectivity index (χ2n) is 10.3. The van der Waals surface area contributed by atoms with Crippen molar-refractivity contribution < 1.29 is 9.18 Å². The molecule has 0 aliphatic carbocycles. The van der Waals surface area contributed by atoms with Gasteiger partial charge in [-0.05, 0) is 91.2 Å². The first kappa shape index (κ1) is 22.7. The summed E-state index contributed by atoms with van der Waals surface area (Å²) in [6.45, 7) is 5.71. The van der Waals surface area contributed by atoms with Crippen molar-refractivity contribution in [3.63, 3.8) is 0 Å². The zero-order valence-corrected chi connectivity index (χ0v) is 20.5. The number of likely N-dealkylation sites (tertiary alicyclic amines) is 1. The number of hydrogen-bond donors (Lipinski definition) is 1. The molecule has 0 radical (unpaired) electrons. The highest BCUT2D eigenvalue weighted by atomic mass is 19.1. The molecule has 2 aliphatic rings. The average Bonchev–Trinajstić information content (AvgIpc) is 3.20. The van der Waals surface area contributed by atoms with Crippen LogP contribution in [0.15, 0.2) is 84.9 Å². The molecule has 1 N–H and O–H groups in total. The van der Waals surface area contributed by atoms with Gasteiger partial charge in [-0.25, -0.2) is 9.18 Å². The van der Waals surface area contributed by atoms with E-state index < -0.39 is 0 Å². The molecule has 182 valence electrons. The fourth-order valence-corrected chi connectivity index (χ4v) is 5.85. The lowest BCUT2D eigenvalue weighted by atomic mass is 9.74. The minimum absolute atomic E-state index is 0.0403. The lowest BCUT2D eigenvalue weighted by molar-refractivity contribution is 0.160. The van der Waals surface area contributed by atoms with Gasteiger partial charge in [-0.1, -0.05) is 54.1 Å². The Hall–Kier alpha value is -3.70. The monoisotopic (exact) mass is 479 g/mol. The molecule has 1 saturated heterocycles. The normalized spacial score (nSPS) is 16.9. The summed E-state index contributed by atoms with van der Waals surface area (Å²) in [7, 11) is 0. The lowest BCUT2D eigenvalue weighted by Gasteiger charge is -2.40. The fourth-order valence-electron chi connectivity index (χ4n) is 5.85. The van der Waals surface area contributed by atoms with Crippen LogP contribution in [-0.4, -0.2) is 30.6 Å². The number of benzene rings is 4. The number of anilines is 2. The number of nitrogens with zero attached hydrogens (tertiary/aromatic N) is 2. The first-order valence-corrected chi connectivity index (χ1v) is 12.6. The van der Waals surface area contributed by atoms with Crippen LogP contribution < -0.4 is 10.2 Å². The molecule has 4 aromatic carbocycles. The molecule has 0 bridgehead atoms. The van der Waals surface area contributed by atoms with E-state index in [4.69, 9.17) is 0 Å². The van der Waals surface area contributed by atoms with Gasteiger partial charge in [-0.3, -0.25) is 9.80 Å². The quantitative estimate of drug-likeness (QED) is 0.348. The van der Waals surface area contributed by atoms with Gasteiger partial charge in [0.25, 0.3) is 0 Å². The maximum Gasteiger partial charge on any atom is 0.326 e. The number of rotatable bonds is 3. The predicted molar refractivity (Wildman–Crippen MR) is 144 cm³/mol. The zero-order chi connectivity index (χ0) is 24.7. The van der Waals surface area contributed by atoms with E-state index in [-0.39, 0.29) is 17.3 Å². The van der Waals surface area contributed by atoms with Crippen LogP contribution >= 0.6 is 0 Å². The molecule has 0 atom stereocenters. The maximum absolute atomic E-state index is 13.3. The van der Waals surface area contributed by atoms with Crippen molar-refractivity contribution in [1.82, 2.24) is 4.90 Å². The van der Waals surface area contributed by atoms with Crippen LogP contribution in [0, 0.1) is 12.7 Å². The third kappa shape index (κ3) is 4.24. The highest BCUT2D eigenvalue weighted by Gasteiger charge is 2.46. The van der Waals surface area contributed by atoms with E-state index >= 15 is 0 Å². The second kappa shape index (κ2) is 9.07. The number of hydrogen-bond acceptors (Lipinski definition) is 2. The highest BCUT2D eigenvalue weighted by Crippen LogP contribution is 2.47. The number of piperidine rings is 1. The summed E-state index contributed by atoms with van der Waals surface area (Å²) in [5, 5.41) is 5.51. The van der Waals surface area contributed by atoms with Crippen LogP contribution in [-0.2, 0) is 12.0 Å². The van der Waals surface area contributed by atoms with Crippen molar-refractivity contribution in [2.24, 2.45) is 0 Å². The number of urea groups is 1. The predicted octanol–water partition coefficient (Wildman–Crippen LogP) is 6.87. The van der Waals surface area contributed by atoms with E-state index in [1.165, 1.54) is 39.6 Å². The topological polar surface area (TPSA) is 35.6 Å². The molecule has 6 rings (SSSR count). The van der Waals surface area contributed by atoms with Crippen LogP contribution in [0.4, 0.5) is 20.6 Å². The number of halogens is 1. The van der Waals surface area contributed by atoms with E-state index in [9.17, 15) is 9.18 Å². The summed E-state index contributed by atoms with van der Waals surface area (Å²) in [5.41, 5.74) is 5.38. The van der Waals surface area contributed by atoms with Gasteiger partial charge in [0.2, 0.25) is 0 Å². The Kier molecular flexibility index (Phi) is 5.73. The molecule has 5 heteroatoms. The summed E-state index contributed by atoms with van der Waals surface area (Å²) < 4.78 is 13.3. The average molecular weight is 480 g/mol. The summed E-state index contributed by atoms with van der Waals surface area (Å²) in [4.78, 5) is 17.7. The van der Waals surface area contributed by atoms with Crippen LogP contribution in [0.25, 0.3) is 10.8 Å². The molecule has 1 spiro atoms. The molecule has 4 nitrogen and oxygen atoms in total. The van der Waals surface area contributed by atoms with Crippen molar-refractivity contribution in [3.05, 3.63) is 107 Å². The number of fused-ring (bicyclic) bond motifs is 3. The Bertz CT molecular complexity index is 1420. The van der Waals surface area contributed by atoms with E-state index in [1.54, 1.807) is 12.1 Å². The molecule has 36 heavy (non-hydrogen) atoms. The third-order valence-corrected chi connectivity index (χ3v) is 7.85. The number of amides is 2. The summed E-state index contributed by atoms with van der Waals surface area (Å²) in [6.07, 6.45) is 2.02. The largest absolute Gasteiger partial charge is 0.326 e. The van der Waals surface area contributed by atoms with Crippen molar-refractivity contribution >= 4 is 28.2 Å². The number of carbonyl (C=O) groups excluding carboxylic acids is 1. The molecule has 2 aliphatic heterocycles. The SMILES string of the molecule is Cc1ccc2c(c1)C1(CCN(Cc3ccc4ccccc4c3)CC1)CN2C(=O)Nc1ccc(F)cc1. The Morgan fingerprint density at radius 2 is 1.67 bits per heavy atom. The van der Waals surface area contributed by atoms with Crippen LogP contribution in [0.1, 0.15) is 29.5 Å². The van der Waals surface area contributed by atoms with Crippen LogP contribution in [0.5, 0.6) is 0 Å². The van der Waals surface area contributed by atoms with Gasteiger partial charge in [0.1, 0.15) is 5.82 Å². The minimum atomic E-state index is -0.315. The van der Waals surface area contributed by atoms with Crippen LogP contribution in [0.2, 0.25) is 0 Å². The van der Waals surface area contributed by atoms with E-state index in [1.807, 2.05) is 4.90 Å². The number of carbonyl (C=O) groups is 1. The molecular formula is C31H30FN3O. The maximum atomic E-state index is 13.3. The first-order chi connectivity index (χ1) is 17.5. The Morgan fingerprint density at radius 1 is 0.917 bits per heavy atom. The molecule has 4 aromatic rings. The molecule has 0 aromatic heterocycles. The summed E-state index contributed by atoms with van der Waals surface area (Å²) >= 11 is 0. The Balaban J connectivity index is 1.19. The zero-order valence-electron chi connectivity index (χ0n) is 20.5. The molecule has 0 unspecified atom stereocenters. The van der Waals surface area contributed by atoms with Gasteiger partial charge in [-0.2, -0.15) is 0 Å². The molecule has 2 amide bonds. The summed E-state index contributed by atoms with van der Waals surface area (Å²) in [5.74, 6) is -0.315. The number of nitrogens with one attached hydrogen (secondary N) is 1. The fraction of sp³-hybridized carbons (Fsp3) is 0.258. The smallest absolute Gasteiger partial charge is 0.308 e.